The summed E-state index contributed by atoms with van der Waals surface area (Å²) in [5.74, 6) is 1.57. The van der Waals surface area contributed by atoms with Gasteiger partial charge in [0.25, 0.3) is 0 Å². The number of nitrogens with zero attached hydrogens (tertiary/aromatic N) is 4. The summed E-state index contributed by atoms with van der Waals surface area (Å²) in [6.07, 6.45) is 7.30. The van der Waals surface area contributed by atoms with Crippen LogP contribution >= 0.6 is 11.3 Å². The Morgan fingerprint density at radius 1 is 1.06 bits per heavy atom. The van der Waals surface area contributed by atoms with E-state index < -0.39 is 0 Å². The SMILES string of the molecule is COCc1cccc(C2CCCCN2c2ncc(-c3cccc(Nc4cc(C)ccn4)n3)s2)c1. The fourth-order valence-corrected chi connectivity index (χ4v) is 5.42. The van der Waals surface area contributed by atoms with Crippen LogP contribution in [0, 0.1) is 6.92 Å². The maximum absolute atomic E-state index is 5.35. The van der Waals surface area contributed by atoms with Gasteiger partial charge in [-0.3, -0.25) is 0 Å². The summed E-state index contributed by atoms with van der Waals surface area (Å²) in [5, 5.41) is 4.36. The van der Waals surface area contributed by atoms with Crippen LogP contribution in [0.15, 0.2) is 67.0 Å². The van der Waals surface area contributed by atoms with E-state index in [-0.39, 0.29) is 0 Å². The lowest BCUT2D eigenvalue weighted by atomic mass is 9.94. The average Bonchev–Trinajstić information content (AvgIpc) is 3.35. The molecule has 1 aliphatic heterocycles. The van der Waals surface area contributed by atoms with Crippen LogP contribution in [-0.4, -0.2) is 28.6 Å². The van der Waals surface area contributed by atoms with Gasteiger partial charge in [0.05, 0.1) is 23.2 Å². The highest BCUT2D eigenvalue weighted by molar-refractivity contribution is 7.18. The Hall–Kier alpha value is -3.29. The van der Waals surface area contributed by atoms with Gasteiger partial charge in [0.1, 0.15) is 11.6 Å². The Kier molecular flexibility index (Phi) is 6.83. The van der Waals surface area contributed by atoms with Crippen LogP contribution in [0.3, 0.4) is 0 Å². The fourth-order valence-electron chi connectivity index (χ4n) is 4.46. The molecule has 1 aromatic carbocycles. The van der Waals surface area contributed by atoms with Crippen LogP contribution in [0.4, 0.5) is 16.8 Å². The molecule has 0 bridgehead atoms. The molecular weight excluding hydrogens is 442 g/mol. The monoisotopic (exact) mass is 471 g/mol. The van der Waals surface area contributed by atoms with Crippen LogP contribution < -0.4 is 10.2 Å². The molecule has 1 atom stereocenters. The second kappa shape index (κ2) is 10.3. The molecule has 1 fully saturated rings. The Morgan fingerprint density at radius 3 is 2.85 bits per heavy atom. The van der Waals surface area contributed by atoms with Gasteiger partial charge < -0.3 is 15.0 Å². The molecule has 3 aromatic heterocycles. The summed E-state index contributed by atoms with van der Waals surface area (Å²) in [4.78, 5) is 17.6. The van der Waals surface area contributed by atoms with Crippen molar-refractivity contribution in [3.63, 3.8) is 0 Å². The standard InChI is InChI=1S/C27H29N5OS/c1-19-12-13-28-26(15-19)31-25-11-6-9-22(30-25)24-17-29-27(34-24)32-14-4-3-10-23(32)21-8-5-7-20(16-21)18-33-2/h5-9,11-13,15-17,23H,3-4,10,14,18H2,1-2H3,(H,28,30,31). The number of nitrogens with one attached hydrogen (secondary N) is 1. The predicted molar refractivity (Wildman–Crippen MR) is 139 cm³/mol. The van der Waals surface area contributed by atoms with Crippen LogP contribution in [0.2, 0.25) is 0 Å². The van der Waals surface area contributed by atoms with Crippen molar-refractivity contribution >= 4 is 28.1 Å². The lowest BCUT2D eigenvalue weighted by molar-refractivity contribution is 0.185. The lowest BCUT2D eigenvalue weighted by Gasteiger charge is -2.36. The second-order valence-corrected chi connectivity index (χ2v) is 9.65. The number of benzene rings is 1. The molecule has 7 heteroatoms. The summed E-state index contributed by atoms with van der Waals surface area (Å²) in [6.45, 7) is 3.70. The van der Waals surface area contributed by atoms with E-state index in [4.69, 9.17) is 14.7 Å². The molecule has 0 spiro atoms. The number of aromatic nitrogens is 3. The minimum atomic E-state index is 0.331. The third-order valence-electron chi connectivity index (χ3n) is 6.06. The highest BCUT2D eigenvalue weighted by Crippen LogP contribution is 2.39. The van der Waals surface area contributed by atoms with Crippen LogP contribution in [0.5, 0.6) is 0 Å². The number of rotatable bonds is 7. The Bertz CT molecular complexity index is 1260. The molecule has 1 saturated heterocycles. The first-order valence-corrected chi connectivity index (χ1v) is 12.5. The van der Waals surface area contributed by atoms with Crippen LogP contribution in [0.1, 0.15) is 42.0 Å². The van der Waals surface area contributed by atoms with E-state index in [1.54, 1.807) is 24.6 Å². The molecule has 6 nitrogen and oxygen atoms in total. The third kappa shape index (κ3) is 5.11. The summed E-state index contributed by atoms with van der Waals surface area (Å²) in [5.41, 5.74) is 4.62. The van der Waals surface area contributed by atoms with Gasteiger partial charge in [-0.25, -0.2) is 15.0 Å². The van der Waals surface area contributed by atoms with Gasteiger partial charge >= 0.3 is 0 Å². The van der Waals surface area contributed by atoms with Gasteiger partial charge in [-0.2, -0.15) is 0 Å². The van der Waals surface area contributed by atoms with Gasteiger partial charge in [0, 0.05) is 26.0 Å². The number of hydrogen-bond donors (Lipinski definition) is 1. The fraction of sp³-hybridized carbons (Fsp3) is 0.296. The predicted octanol–water partition coefficient (Wildman–Crippen LogP) is 6.53. The molecule has 1 unspecified atom stereocenters. The van der Waals surface area contributed by atoms with Crippen molar-refractivity contribution in [2.75, 3.05) is 23.9 Å². The number of ether oxygens (including phenoxy) is 1. The van der Waals surface area contributed by atoms with Gasteiger partial charge in [-0.15, -0.1) is 0 Å². The molecule has 0 radical (unpaired) electrons. The van der Waals surface area contributed by atoms with Gasteiger partial charge in [-0.1, -0.05) is 41.7 Å². The minimum absolute atomic E-state index is 0.331. The Balaban J connectivity index is 1.38. The van der Waals surface area contributed by atoms with Crippen molar-refractivity contribution in [2.45, 2.75) is 38.8 Å². The van der Waals surface area contributed by atoms with E-state index in [1.807, 2.05) is 36.5 Å². The largest absolute Gasteiger partial charge is 0.380 e. The molecule has 0 amide bonds. The molecule has 0 saturated carbocycles. The number of anilines is 3. The van der Waals surface area contributed by atoms with Crippen molar-refractivity contribution < 1.29 is 4.74 Å². The number of hydrogen-bond acceptors (Lipinski definition) is 7. The topological polar surface area (TPSA) is 63.2 Å². The average molecular weight is 472 g/mol. The maximum Gasteiger partial charge on any atom is 0.186 e. The van der Waals surface area contributed by atoms with E-state index in [9.17, 15) is 0 Å². The molecule has 0 aliphatic carbocycles. The lowest BCUT2D eigenvalue weighted by Crippen LogP contribution is -2.33. The molecule has 5 rings (SSSR count). The second-order valence-electron chi connectivity index (χ2n) is 8.64. The van der Waals surface area contributed by atoms with Crippen molar-refractivity contribution in [3.05, 3.63) is 83.7 Å². The van der Waals surface area contributed by atoms with E-state index in [0.717, 1.165) is 45.9 Å². The molecule has 174 valence electrons. The van der Waals surface area contributed by atoms with E-state index in [1.165, 1.54) is 24.0 Å². The van der Waals surface area contributed by atoms with Gasteiger partial charge in [0.15, 0.2) is 5.13 Å². The van der Waals surface area contributed by atoms with E-state index >= 15 is 0 Å². The number of methoxy groups -OCH3 is 1. The number of aryl methyl sites for hydroxylation is 1. The number of piperidine rings is 1. The summed E-state index contributed by atoms with van der Waals surface area (Å²) < 4.78 is 5.35. The minimum Gasteiger partial charge on any atom is -0.380 e. The molecule has 1 aliphatic rings. The van der Waals surface area contributed by atoms with Crippen molar-refractivity contribution in [2.24, 2.45) is 0 Å². The molecule has 4 aromatic rings. The molecule has 4 heterocycles. The molecular formula is C27H29N5OS. The van der Waals surface area contributed by atoms with Crippen molar-refractivity contribution in [3.8, 4) is 10.6 Å². The van der Waals surface area contributed by atoms with Gasteiger partial charge in [-0.05, 0) is 67.1 Å². The highest BCUT2D eigenvalue weighted by atomic mass is 32.1. The normalized spacial score (nSPS) is 15.9. The number of pyridine rings is 2. The maximum atomic E-state index is 5.35. The summed E-state index contributed by atoms with van der Waals surface area (Å²) in [7, 11) is 1.74. The van der Waals surface area contributed by atoms with Crippen LogP contribution in [0.25, 0.3) is 10.6 Å². The van der Waals surface area contributed by atoms with Crippen molar-refractivity contribution in [1.29, 1.82) is 0 Å². The smallest absolute Gasteiger partial charge is 0.186 e. The zero-order valence-electron chi connectivity index (χ0n) is 19.6. The zero-order valence-corrected chi connectivity index (χ0v) is 20.4. The first kappa shape index (κ1) is 22.5. The highest BCUT2D eigenvalue weighted by Gasteiger charge is 2.26. The Labute approximate surface area is 204 Å². The van der Waals surface area contributed by atoms with E-state index in [2.05, 4.69) is 46.4 Å². The molecule has 1 N–H and O–H groups in total. The molecule has 34 heavy (non-hydrogen) atoms. The quantitative estimate of drug-likeness (QED) is 0.331. The summed E-state index contributed by atoms with van der Waals surface area (Å²) >= 11 is 1.71. The zero-order chi connectivity index (χ0) is 23.3. The third-order valence-corrected chi connectivity index (χ3v) is 7.12. The van der Waals surface area contributed by atoms with Crippen LogP contribution in [-0.2, 0) is 11.3 Å². The number of thiazole rings is 1. The summed E-state index contributed by atoms with van der Waals surface area (Å²) in [6, 6.07) is 19.1. The van der Waals surface area contributed by atoms with Crippen molar-refractivity contribution in [1.82, 2.24) is 15.0 Å². The first-order chi connectivity index (χ1) is 16.7. The van der Waals surface area contributed by atoms with Gasteiger partial charge in [0.2, 0.25) is 0 Å². The Morgan fingerprint density at radius 2 is 1.97 bits per heavy atom. The first-order valence-electron chi connectivity index (χ1n) is 11.7. The van der Waals surface area contributed by atoms with E-state index in [0.29, 0.717) is 12.6 Å².